The lowest BCUT2D eigenvalue weighted by molar-refractivity contribution is -0.384. The number of benzene rings is 1. The van der Waals surface area contributed by atoms with Gasteiger partial charge < -0.3 is 0 Å². The Morgan fingerprint density at radius 3 is 2.85 bits per heavy atom. The molecule has 0 fully saturated rings. The van der Waals surface area contributed by atoms with Crippen LogP contribution >= 0.6 is 0 Å². The number of aryl methyl sites for hydroxylation is 1. The molecule has 13 heavy (non-hydrogen) atoms. The van der Waals surface area contributed by atoms with Gasteiger partial charge in [0.25, 0.3) is 11.1 Å². The van der Waals surface area contributed by atoms with Gasteiger partial charge in [-0.25, -0.2) is 0 Å². The van der Waals surface area contributed by atoms with Crippen molar-refractivity contribution in [2.24, 2.45) is 0 Å². The number of anilines is 1. The Balaban J connectivity index is 3.20. The van der Waals surface area contributed by atoms with Gasteiger partial charge in [0, 0.05) is 6.07 Å². The third kappa shape index (κ3) is 1.90. The summed E-state index contributed by atoms with van der Waals surface area (Å²) in [6.45, 7) is 1.74. The van der Waals surface area contributed by atoms with Gasteiger partial charge in [0.15, 0.2) is 5.69 Å². The van der Waals surface area contributed by atoms with Crippen molar-refractivity contribution >= 4 is 11.4 Å². The summed E-state index contributed by atoms with van der Waals surface area (Å²) in [5, 5.41) is 21.3. The largest absolute Gasteiger partial charge is 0.308 e. The van der Waals surface area contributed by atoms with Crippen LogP contribution in [0.4, 0.5) is 11.4 Å². The van der Waals surface area contributed by atoms with E-state index in [1.54, 1.807) is 13.0 Å². The SMILES string of the molecule is Cc1ccc(N[N+]#N)c([N+](=O)[O-])c1. The molecule has 0 saturated carbocycles. The molecule has 0 unspecified atom stereocenters. The van der Waals surface area contributed by atoms with Gasteiger partial charge >= 0.3 is 5.08 Å². The van der Waals surface area contributed by atoms with Crippen LogP contribution in [0, 0.1) is 22.4 Å². The summed E-state index contributed by atoms with van der Waals surface area (Å²) < 4.78 is 0. The van der Waals surface area contributed by atoms with Gasteiger partial charge in [-0.2, -0.15) is 0 Å². The van der Waals surface area contributed by atoms with Crippen molar-refractivity contribution in [1.29, 1.82) is 5.39 Å². The number of hydrogen-bond acceptors (Lipinski definition) is 4. The fourth-order valence-electron chi connectivity index (χ4n) is 0.941. The van der Waals surface area contributed by atoms with Crippen LogP contribution < -0.4 is 5.43 Å². The highest BCUT2D eigenvalue weighted by molar-refractivity contribution is 5.62. The molecule has 0 bridgehead atoms. The molecule has 1 aromatic rings. The number of nitrogens with zero attached hydrogens (tertiary/aromatic N) is 3. The second kappa shape index (κ2) is 3.49. The van der Waals surface area contributed by atoms with Crippen LogP contribution in [0.5, 0.6) is 0 Å². The van der Waals surface area contributed by atoms with Gasteiger partial charge in [-0.3, -0.25) is 10.1 Å². The molecular weight excluding hydrogens is 172 g/mol. The van der Waals surface area contributed by atoms with Crippen LogP contribution in [-0.4, -0.2) is 4.92 Å². The zero-order chi connectivity index (χ0) is 9.84. The van der Waals surface area contributed by atoms with Gasteiger partial charge in [-0.15, -0.1) is 0 Å². The van der Waals surface area contributed by atoms with E-state index in [4.69, 9.17) is 5.39 Å². The Bertz CT molecular complexity index is 383. The first kappa shape index (κ1) is 8.93. The number of nitrogens with one attached hydrogen (secondary N) is 1. The highest BCUT2D eigenvalue weighted by Gasteiger charge is 2.16. The van der Waals surface area contributed by atoms with E-state index in [0.29, 0.717) is 0 Å². The van der Waals surface area contributed by atoms with Crippen LogP contribution in [0.15, 0.2) is 18.2 Å². The van der Waals surface area contributed by atoms with Crippen molar-refractivity contribution < 1.29 is 4.92 Å². The van der Waals surface area contributed by atoms with Crippen molar-refractivity contribution in [2.75, 3.05) is 5.43 Å². The van der Waals surface area contributed by atoms with E-state index in [1.807, 2.05) is 0 Å². The summed E-state index contributed by atoms with van der Waals surface area (Å²) in [6, 6.07) is 4.56. The zero-order valence-corrected chi connectivity index (χ0v) is 6.89. The summed E-state index contributed by atoms with van der Waals surface area (Å²) >= 11 is 0. The van der Waals surface area contributed by atoms with Gasteiger partial charge in [0.1, 0.15) is 0 Å². The van der Waals surface area contributed by atoms with Crippen molar-refractivity contribution in [2.45, 2.75) is 6.92 Å². The Hall–Kier alpha value is -2.16. The Morgan fingerprint density at radius 2 is 2.31 bits per heavy atom. The van der Waals surface area contributed by atoms with Gasteiger partial charge in [0.2, 0.25) is 0 Å². The lowest BCUT2D eigenvalue weighted by Gasteiger charge is -1.95. The molecule has 66 valence electrons. The van der Waals surface area contributed by atoms with Crippen LogP contribution in [0.25, 0.3) is 5.08 Å². The molecule has 0 aromatic heterocycles. The maximum Gasteiger partial charge on any atom is 0.308 e. The molecule has 0 aliphatic heterocycles. The summed E-state index contributed by atoms with van der Waals surface area (Å²) in [6.07, 6.45) is 0. The minimum atomic E-state index is -0.541. The van der Waals surface area contributed by atoms with Crippen LogP contribution in [0.3, 0.4) is 0 Å². The third-order valence-corrected chi connectivity index (χ3v) is 1.52. The van der Waals surface area contributed by atoms with E-state index in [2.05, 4.69) is 10.5 Å². The molecule has 6 nitrogen and oxygen atoms in total. The fourth-order valence-corrected chi connectivity index (χ4v) is 0.941. The van der Waals surface area contributed by atoms with E-state index >= 15 is 0 Å². The van der Waals surface area contributed by atoms with Crippen LogP contribution in [0.2, 0.25) is 0 Å². The zero-order valence-electron chi connectivity index (χ0n) is 6.89. The van der Waals surface area contributed by atoms with E-state index in [9.17, 15) is 10.1 Å². The highest BCUT2D eigenvalue weighted by Crippen LogP contribution is 2.24. The number of hydrogen-bond donors (Lipinski definition) is 1. The smallest absolute Gasteiger partial charge is 0.258 e. The molecule has 0 spiro atoms. The van der Waals surface area contributed by atoms with Gasteiger partial charge in [0.05, 0.1) is 4.92 Å². The molecule has 0 heterocycles. The molecule has 0 saturated heterocycles. The highest BCUT2D eigenvalue weighted by atomic mass is 16.6. The van der Waals surface area contributed by atoms with Crippen molar-refractivity contribution in [3.8, 4) is 0 Å². The van der Waals surface area contributed by atoms with E-state index in [0.717, 1.165) is 5.56 Å². The summed E-state index contributed by atoms with van der Waals surface area (Å²) in [5.74, 6) is 0. The number of diazo groups is 1. The quantitative estimate of drug-likeness (QED) is 0.428. The van der Waals surface area contributed by atoms with Gasteiger partial charge in [-0.05, 0) is 24.0 Å². The molecule has 1 N–H and O–H groups in total. The van der Waals surface area contributed by atoms with Crippen molar-refractivity contribution in [1.82, 2.24) is 0 Å². The van der Waals surface area contributed by atoms with Crippen LogP contribution in [0.1, 0.15) is 5.56 Å². The lowest BCUT2D eigenvalue weighted by atomic mass is 10.2. The fraction of sp³-hybridized carbons (Fsp3) is 0.143. The van der Waals surface area contributed by atoms with Gasteiger partial charge in [-0.1, -0.05) is 6.07 Å². The predicted molar refractivity (Wildman–Crippen MR) is 46.5 cm³/mol. The molecule has 0 radical (unpaired) electrons. The Morgan fingerprint density at radius 1 is 1.62 bits per heavy atom. The Labute approximate surface area is 73.9 Å². The van der Waals surface area contributed by atoms with E-state index in [1.165, 1.54) is 12.1 Å². The molecule has 0 aliphatic carbocycles. The summed E-state index contributed by atoms with van der Waals surface area (Å²) in [5.41, 5.74) is 2.95. The maximum atomic E-state index is 10.5. The van der Waals surface area contributed by atoms with E-state index < -0.39 is 4.92 Å². The summed E-state index contributed by atoms with van der Waals surface area (Å²) in [7, 11) is 0. The average Bonchev–Trinajstić information content (AvgIpc) is 2.08. The van der Waals surface area contributed by atoms with Crippen molar-refractivity contribution in [3.63, 3.8) is 0 Å². The van der Waals surface area contributed by atoms with E-state index in [-0.39, 0.29) is 11.4 Å². The predicted octanol–water partition coefficient (Wildman–Crippen LogP) is 2.08. The Kier molecular flexibility index (Phi) is 2.40. The molecular formula is C7H7N4O2+. The monoisotopic (exact) mass is 179 g/mol. The first-order valence-electron chi connectivity index (χ1n) is 3.50. The maximum absolute atomic E-state index is 10.5. The van der Waals surface area contributed by atoms with Crippen molar-refractivity contribution in [3.05, 3.63) is 39.0 Å². The summed E-state index contributed by atoms with van der Waals surface area (Å²) in [4.78, 5) is 9.95. The third-order valence-electron chi connectivity index (χ3n) is 1.52. The number of nitro groups is 1. The minimum absolute atomic E-state index is 0.113. The second-order valence-corrected chi connectivity index (χ2v) is 2.49. The minimum Gasteiger partial charge on any atom is -0.258 e. The first-order chi connectivity index (χ1) is 6.15. The molecule has 0 aliphatic rings. The second-order valence-electron chi connectivity index (χ2n) is 2.49. The number of nitro benzene ring substituents is 1. The lowest BCUT2D eigenvalue weighted by Crippen LogP contribution is -1.94. The first-order valence-corrected chi connectivity index (χ1v) is 3.50. The standard InChI is InChI=1S/C7H7N4O2/c1-5-2-3-6(9-10-8)7(4-5)11(12)13/h2-4,9H,1H3/q+1. The molecule has 1 rings (SSSR count). The molecule has 0 atom stereocenters. The topological polar surface area (TPSA) is 83.3 Å². The average molecular weight is 179 g/mol. The van der Waals surface area contributed by atoms with Crippen LogP contribution in [-0.2, 0) is 0 Å². The molecule has 6 heteroatoms. The molecule has 0 amide bonds. The molecule has 1 aromatic carbocycles. The number of rotatable bonds is 2. The normalized spacial score (nSPS) is 8.92.